The highest BCUT2D eigenvalue weighted by atomic mass is 16.4. The highest BCUT2D eigenvalue weighted by Gasteiger charge is 2.26. The molecule has 0 unspecified atom stereocenters. The average Bonchev–Trinajstić information content (AvgIpc) is 2.80. The van der Waals surface area contributed by atoms with Crippen molar-refractivity contribution < 1.29 is 4.42 Å². The fourth-order valence-corrected chi connectivity index (χ4v) is 1.59. The summed E-state index contributed by atoms with van der Waals surface area (Å²) in [7, 11) is 0. The fraction of sp³-hybridized carbons (Fsp3) is 0.667. The van der Waals surface area contributed by atoms with Crippen molar-refractivity contribution in [1.82, 2.24) is 15.5 Å². The zero-order valence-electron chi connectivity index (χ0n) is 10.2. The molecule has 0 aromatic carbocycles. The van der Waals surface area contributed by atoms with Gasteiger partial charge in [0.1, 0.15) is 0 Å². The Labute approximate surface area is 96.1 Å². The molecule has 0 saturated heterocycles. The predicted octanol–water partition coefficient (Wildman–Crippen LogP) is 2.13. The van der Waals surface area contributed by atoms with Crippen molar-refractivity contribution in [1.29, 1.82) is 0 Å². The van der Waals surface area contributed by atoms with Crippen LogP contribution in [0.1, 0.15) is 45.4 Å². The van der Waals surface area contributed by atoms with Crippen LogP contribution in [0.4, 0.5) is 0 Å². The molecule has 0 saturated carbocycles. The van der Waals surface area contributed by atoms with Crippen LogP contribution < -0.4 is 5.32 Å². The van der Waals surface area contributed by atoms with Gasteiger partial charge in [0, 0.05) is 17.5 Å². The summed E-state index contributed by atoms with van der Waals surface area (Å²) < 4.78 is 5.76. The molecule has 1 N–H and O–H groups in total. The number of rotatable bonds is 3. The van der Waals surface area contributed by atoms with Crippen LogP contribution in [-0.4, -0.2) is 23.3 Å². The first-order chi connectivity index (χ1) is 7.63. The van der Waals surface area contributed by atoms with Crippen LogP contribution in [0.3, 0.4) is 0 Å². The summed E-state index contributed by atoms with van der Waals surface area (Å²) in [5.41, 5.74) is 1.14. The molecule has 0 fully saturated rings. The summed E-state index contributed by atoms with van der Waals surface area (Å²) in [6, 6.07) is 0. The third-order valence-electron chi connectivity index (χ3n) is 3.23. The highest BCUT2D eigenvalue weighted by molar-refractivity contribution is 5.59. The van der Waals surface area contributed by atoms with Gasteiger partial charge < -0.3 is 9.73 Å². The first kappa shape index (κ1) is 11.3. The summed E-state index contributed by atoms with van der Waals surface area (Å²) in [6.45, 7) is 8.26. The minimum Gasteiger partial charge on any atom is -0.420 e. The molecular formula is C12H19N3O. The van der Waals surface area contributed by atoms with E-state index in [4.69, 9.17) is 4.42 Å². The summed E-state index contributed by atoms with van der Waals surface area (Å²) in [5, 5.41) is 11.6. The molecule has 0 aliphatic carbocycles. The van der Waals surface area contributed by atoms with E-state index in [0.29, 0.717) is 5.89 Å². The Balaban J connectivity index is 2.22. The van der Waals surface area contributed by atoms with Gasteiger partial charge in [-0.1, -0.05) is 26.8 Å². The van der Waals surface area contributed by atoms with E-state index in [1.807, 2.05) is 0 Å². The van der Waals surface area contributed by atoms with E-state index in [9.17, 15) is 0 Å². The zero-order chi connectivity index (χ0) is 11.6. The van der Waals surface area contributed by atoms with Gasteiger partial charge in [-0.3, -0.25) is 0 Å². The Morgan fingerprint density at radius 3 is 2.88 bits per heavy atom. The van der Waals surface area contributed by atoms with E-state index in [-0.39, 0.29) is 5.41 Å². The van der Waals surface area contributed by atoms with Gasteiger partial charge >= 0.3 is 0 Å². The van der Waals surface area contributed by atoms with Crippen LogP contribution in [0.5, 0.6) is 0 Å². The van der Waals surface area contributed by atoms with E-state index in [0.717, 1.165) is 31.8 Å². The molecule has 1 aliphatic heterocycles. The van der Waals surface area contributed by atoms with Crippen molar-refractivity contribution in [3.8, 4) is 0 Å². The number of hydrogen-bond acceptors (Lipinski definition) is 4. The number of nitrogens with one attached hydrogen (secondary N) is 1. The van der Waals surface area contributed by atoms with E-state index in [2.05, 4.69) is 42.4 Å². The van der Waals surface area contributed by atoms with Gasteiger partial charge in [-0.15, -0.1) is 10.2 Å². The van der Waals surface area contributed by atoms with Gasteiger partial charge in [-0.25, -0.2) is 0 Å². The quantitative estimate of drug-likeness (QED) is 0.849. The van der Waals surface area contributed by atoms with E-state index < -0.39 is 0 Å². The van der Waals surface area contributed by atoms with Gasteiger partial charge in [0.05, 0.1) is 0 Å². The SMILES string of the molecule is CCC(C)(C)c1nnc(C2=CCNCC2)o1. The van der Waals surface area contributed by atoms with Crippen molar-refractivity contribution in [2.75, 3.05) is 13.1 Å². The van der Waals surface area contributed by atoms with Crippen LogP contribution in [0.2, 0.25) is 0 Å². The largest absolute Gasteiger partial charge is 0.420 e. The Bertz CT molecular complexity index is 393. The van der Waals surface area contributed by atoms with Crippen LogP contribution in [0, 0.1) is 0 Å². The molecule has 2 heterocycles. The summed E-state index contributed by atoms with van der Waals surface area (Å²) in [6.07, 6.45) is 4.09. The zero-order valence-corrected chi connectivity index (χ0v) is 10.2. The molecule has 0 amide bonds. The summed E-state index contributed by atoms with van der Waals surface area (Å²) >= 11 is 0. The third kappa shape index (κ3) is 2.16. The second-order valence-electron chi connectivity index (χ2n) is 4.83. The minimum atomic E-state index is -0.0290. The number of hydrogen-bond donors (Lipinski definition) is 1. The Morgan fingerprint density at radius 1 is 1.44 bits per heavy atom. The van der Waals surface area contributed by atoms with Crippen LogP contribution in [0.25, 0.3) is 5.57 Å². The molecule has 2 rings (SSSR count). The number of aromatic nitrogens is 2. The lowest BCUT2D eigenvalue weighted by molar-refractivity contribution is 0.355. The first-order valence-corrected chi connectivity index (χ1v) is 5.87. The van der Waals surface area contributed by atoms with Crippen LogP contribution >= 0.6 is 0 Å². The molecule has 1 aliphatic rings. The Hall–Kier alpha value is -1.16. The van der Waals surface area contributed by atoms with Crippen LogP contribution in [0.15, 0.2) is 10.5 Å². The molecule has 4 heteroatoms. The molecule has 0 atom stereocenters. The lowest BCUT2D eigenvalue weighted by Gasteiger charge is -2.16. The molecule has 0 bridgehead atoms. The van der Waals surface area contributed by atoms with Crippen molar-refractivity contribution >= 4 is 5.57 Å². The standard InChI is InChI=1S/C12H19N3O/c1-4-12(2,3)11-15-14-10(16-11)9-5-7-13-8-6-9/h5,13H,4,6-8H2,1-3H3. The first-order valence-electron chi connectivity index (χ1n) is 5.87. The van der Waals surface area contributed by atoms with Crippen molar-refractivity contribution in [2.24, 2.45) is 0 Å². The van der Waals surface area contributed by atoms with Gasteiger partial charge in [0.25, 0.3) is 0 Å². The topological polar surface area (TPSA) is 51.0 Å². The fourth-order valence-electron chi connectivity index (χ4n) is 1.59. The van der Waals surface area contributed by atoms with Crippen LogP contribution in [-0.2, 0) is 5.41 Å². The smallest absolute Gasteiger partial charge is 0.243 e. The molecule has 88 valence electrons. The normalized spacial score (nSPS) is 17.3. The molecule has 4 nitrogen and oxygen atoms in total. The van der Waals surface area contributed by atoms with Crippen molar-refractivity contribution in [3.63, 3.8) is 0 Å². The Kier molecular flexibility index (Phi) is 3.10. The third-order valence-corrected chi connectivity index (χ3v) is 3.23. The minimum absolute atomic E-state index is 0.0290. The van der Waals surface area contributed by atoms with Gasteiger partial charge in [0.15, 0.2) is 0 Å². The number of nitrogens with zero attached hydrogens (tertiary/aromatic N) is 2. The lowest BCUT2D eigenvalue weighted by Crippen LogP contribution is -2.20. The molecule has 1 aromatic heterocycles. The summed E-state index contributed by atoms with van der Waals surface area (Å²) in [5.74, 6) is 1.43. The van der Waals surface area contributed by atoms with Crippen molar-refractivity contribution in [3.05, 3.63) is 17.9 Å². The highest BCUT2D eigenvalue weighted by Crippen LogP contribution is 2.27. The average molecular weight is 221 g/mol. The van der Waals surface area contributed by atoms with E-state index in [1.165, 1.54) is 5.57 Å². The molecule has 1 aromatic rings. The monoisotopic (exact) mass is 221 g/mol. The second kappa shape index (κ2) is 4.37. The van der Waals surface area contributed by atoms with Gasteiger partial charge in [-0.2, -0.15) is 0 Å². The predicted molar refractivity (Wildman–Crippen MR) is 63.1 cm³/mol. The molecule has 0 radical (unpaired) electrons. The van der Waals surface area contributed by atoms with Gasteiger partial charge in [0.2, 0.25) is 11.8 Å². The maximum Gasteiger partial charge on any atom is 0.243 e. The van der Waals surface area contributed by atoms with Crippen molar-refractivity contribution in [2.45, 2.75) is 39.0 Å². The molecule has 16 heavy (non-hydrogen) atoms. The molecular weight excluding hydrogens is 202 g/mol. The van der Waals surface area contributed by atoms with E-state index in [1.54, 1.807) is 0 Å². The van der Waals surface area contributed by atoms with Gasteiger partial charge in [-0.05, 0) is 19.4 Å². The maximum absolute atomic E-state index is 5.76. The summed E-state index contributed by atoms with van der Waals surface area (Å²) in [4.78, 5) is 0. The second-order valence-corrected chi connectivity index (χ2v) is 4.83. The molecule has 0 spiro atoms. The Morgan fingerprint density at radius 2 is 2.25 bits per heavy atom. The van der Waals surface area contributed by atoms with E-state index >= 15 is 0 Å². The lowest BCUT2D eigenvalue weighted by atomic mass is 9.90. The maximum atomic E-state index is 5.76.